The van der Waals surface area contributed by atoms with E-state index in [4.69, 9.17) is 5.11 Å². The highest BCUT2D eigenvalue weighted by Gasteiger charge is 2.30. The second-order valence-corrected chi connectivity index (χ2v) is 7.82. The van der Waals surface area contributed by atoms with Gasteiger partial charge in [0.2, 0.25) is 5.91 Å². The predicted molar refractivity (Wildman–Crippen MR) is 113 cm³/mol. The summed E-state index contributed by atoms with van der Waals surface area (Å²) in [6, 6.07) is 5.43. The maximum absolute atomic E-state index is 14.1. The number of carboxylic acid groups (broad SMARTS) is 1. The number of rotatable bonds is 6. The van der Waals surface area contributed by atoms with Crippen molar-refractivity contribution in [1.82, 2.24) is 9.88 Å². The first-order chi connectivity index (χ1) is 15.8. The van der Waals surface area contributed by atoms with Crippen LogP contribution >= 0.6 is 0 Å². The number of aromatic hydroxyl groups is 1. The zero-order valence-electron chi connectivity index (χ0n) is 18.0. The third kappa shape index (κ3) is 4.87. The molecule has 34 heavy (non-hydrogen) atoms. The lowest BCUT2D eigenvalue weighted by molar-refractivity contribution is -0.141. The number of alkyl halides is 3. The molecule has 0 aliphatic rings. The number of halogens is 4. The van der Waals surface area contributed by atoms with Gasteiger partial charge in [0.1, 0.15) is 0 Å². The molecule has 0 saturated heterocycles. The van der Waals surface area contributed by atoms with Crippen molar-refractivity contribution in [3.63, 3.8) is 0 Å². The molecule has 7 nitrogen and oxygen atoms in total. The monoisotopic (exact) mass is 480 g/mol. The Bertz CT molecular complexity index is 1280. The Morgan fingerprint density at radius 3 is 2.29 bits per heavy atom. The largest absolute Gasteiger partial charge is 0.505 e. The molecule has 180 valence electrons. The Kier molecular flexibility index (Phi) is 6.67. The van der Waals surface area contributed by atoms with Crippen LogP contribution in [-0.2, 0) is 22.2 Å². The van der Waals surface area contributed by atoms with Crippen LogP contribution in [0.15, 0.2) is 36.4 Å². The topological polar surface area (TPSA) is 109 Å². The quantitative estimate of drug-likeness (QED) is 0.464. The van der Waals surface area contributed by atoms with E-state index >= 15 is 0 Å². The SMILES string of the molecule is Cc1c(CC(=O)NCC(C)C(=O)O)c2cc(O)c(F)cc2n1C(=O)c1ccc(C(F)(F)F)cc1. The number of aromatic nitrogens is 1. The number of phenolic OH excluding ortho intramolecular Hbond substituents is 1. The fourth-order valence-corrected chi connectivity index (χ4v) is 3.48. The lowest BCUT2D eigenvalue weighted by Gasteiger charge is -2.10. The molecule has 2 aromatic carbocycles. The lowest BCUT2D eigenvalue weighted by Crippen LogP contribution is -2.32. The number of aliphatic carboxylic acids is 1. The lowest BCUT2D eigenvalue weighted by atomic mass is 10.1. The van der Waals surface area contributed by atoms with Crippen LogP contribution in [0, 0.1) is 18.7 Å². The summed E-state index contributed by atoms with van der Waals surface area (Å²) >= 11 is 0. The van der Waals surface area contributed by atoms with Crippen LogP contribution in [0.4, 0.5) is 17.6 Å². The molecule has 0 fully saturated rings. The predicted octanol–water partition coefficient (Wildman–Crippen LogP) is 3.88. The zero-order chi connectivity index (χ0) is 25.4. The smallest absolute Gasteiger partial charge is 0.416 e. The summed E-state index contributed by atoms with van der Waals surface area (Å²) in [6.45, 7) is 2.74. The Labute approximate surface area is 190 Å². The van der Waals surface area contributed by atoms with Crippen molar-refractivity contribution in [2.24, 2.45) is 5.92 Å². The highest BCUT2D eigenvalue weighted by Crippen LogP contribution is 2.33. The van der Waals surface area contributed by atoms with Crippen LogP contribution < -0.4 is 5.32 Å². The minimum atomic E-state index is -4.59. The van der Waals surface area contributed by atoms with Crippen LogP contribution in [-0.4, -0.2) is 39.1 Å². The fraction of sp³-hybridized carbons (Fsp3) is 0.261. The Morgan fingerprint density at radius 2 is 1.74 bits per heavy atom. The van der Waals surface area contributed by atoms with Gasteiger partial charge in [0.25, 0.3) is 5.91 Å². The third-order valence-corrected chi connectivity index (χ3v) is 5.43. The van der Waals surface area contributed by atoms with Crippen molar-refractivity contribution in [3.8, 4) is 5.75 Å². The van der Waals surface area contributed by atoms with Crippen LogP contribution in [0.3, 0.4) is 0 Å². The van der Waals surface area contributed by atoms with E-state index < -0.39 is 47.0 Å². The van der Waals surface area contributed by atoms with E-state index in [9.17, 15) is 37.1 Å². The molecule has 0 aliphatic carbocycles. The molecule has 3 N–H and O–H groups in total. The van der Waals surface area contributed by atoms with Gasteiger partial charge in [-0.25, -0.2) is 4.39 Å². The molecule has 0 radical (unpaired) electrons. The number of nitrogens with one attached hydrogen (secondary N) is 1. The molecule has 1 heterocycles. The maximum Gasteiger partial charge on any atom is 0.416 e. The molecule has 1 unspecified atom stereocenters. The summed E-state index contributed by atoms with van der Waals surface area (Å²) in [5, 5.41) is 21.4. The van der Waals surface area contributed by atoms with Crippen molar-refractivity contribution >= 4 is 28.7 Å². The molecule has 3 rings (SSSR count). The van der Waals surface area contributed by atoms with E-state index in [1.54, 1.807) is 0 Å². The molecule has 0 bridgehead atoms. The van der Waals surface area contributed by atoms with Crippen LogP contribution in [0.5, 0.6) is 5.75 Å². The van der Waals surface area contributed by atoms with Crippen LogP contribution in [0.25, 0.3) is 10.9 Å². The molecule has 0 saturated carbocycles. The summed E-state index contributed by atoms with van der Waals surface area (Å²) in [7, 11) is 0. The number of nitrogens with zero attached hydrogens (tertiary/aromatic N) is 1. The number of carboxylic acids is 1. The number of hydrogen-bond acceptors (Lipinski definition) is 4. The number of phenols is 1. The van der Waals surface area contributed by atoms with E-state index in [0.717, 1.165) is 41.0 Å². The standard InChI is InChI=1S/C23H20F4N2O5/c1-11(22(33)34)10-28-20(31)8-15-12(2)29(18-9-17(24)19(30)7-16(15)18)21(32)13-3-5-14(6-4-13)23(25,26)27/h3-7,9,11,30H,8,10H2,1-2H3,(H,28,31)(H,33,34). The number of amides is 1. The third-order valence-electron chi connectivity index (χ3n) is 5.43. The van der Waals surface area contributed by atoms with Gasteiger partial charge in [-0.15, -0.1) is 0 Å². The Morgan fingerprint density at radius 1 is 1.12 bits per heavy atom. The van der Waals surface area contributed by atoms with Crippen LogP contribution in [0.1, 0.15) is 34.1 Å². The molecule has 1 aromatic heterocycles. The average Bonchev–Trinajstić information content (AvgIpc) is 3.01. The molecular formula is C23H20F4N2O5. The van der Waals surface area contributed by atoms with Gasteiger partial charge in [-0.2, -0.15) is 13.2 Å². The van der Waals surface area contributed by atoms with Crippen molar-refractivity contribution in [3.05, 3.63) is 64.6 Å². The second-order valence-electron chi connectivity index (χ2n) is 7.82. The van der Waals surface area contributed by atoms with Gasteiger partial charge in [0, 0.05) is 29.3 Å². The van der Waals surface area contributed by atoms with E-state index in [2.05, 4.69) is 5.32 Å². The first-order valence-corrected chi connectivity index (χ1v) is 10.0. The highest BCUT2D eigenvalue weighted by atomic mass is 19.4. The number of fused-ring (bicyclic) bond motifs is 1. The number of carbonyl (C=O) groups excluding carboxylic acids is 2. The minimum absolute atomic E-state index is 0.0133. The van der Waals surface area contributed by atoms with Gasteiger partial charge in [-0.1, -0.05) is 6.92 Å². The number of hydrogen-bond donors (Lipinski definition) is 3. The summed E-state index contributed by atoms with van der Waals surface area (Å²) in [6.07, 6.45) is -4.90. The minimum Gasteiger partial charge on any atom is -0.505 e. The summed E-state index contributed by atoms with van der Waals surface area (Å²) in [4.78, 5) is 36.5. The summed E-state index contributed by atoms with van der Waals surface area (Å²) in [5.74, 6) is -5.01. The van der Waals surface area contributed by atoms with Gasteiger partial charge in [-0.3, -0.25) is 19.0 Å². The molecule has 11 heteroatoms. The number of carbonyl (C=O) groups is 3. The van der Waals surface area contributed by atoms with Crippen molar-refractivity contribution in [2.75, 3.05) is 6.54 Å². The molecular weight excluding hydrogens is 460 g/mol. The second kappa shape index (κ2) is 9.16. The molecule has 3 aromatic rings. The molecule has 1 amide bonds. The van der Waals surface area contributed by atoms with Gasteiger partial charge in [0.05, 0.1) is 23.4 Å². The van der Waals surface area contributed by atoms with Crippen molar-refractivity contribution in [2.45, 2.75) is 26.4 Å². The fourth-order valence-electron chi connectivity index (χ4n) is 3.48. The van der Waals surface area contributed by atoms with Gasteiger partial charge in [0.15, 0.2) is 11.6 Å². The van der Waals surface area contributed by atoms with Gasteiger partial charge < -0.3 is 15.5 Å². The normalized spacial score (nSPS) is 12.5. The first kappa shape index (κ1) is 24.7. The zero-order valence-corrected chi connectivity index (χ0v) is 18.0. The number of benzene rings is 2. The highest BCUT2D eigenvalue weighted by molar-refractivity contribution is 6.05. The molecule has 0 spiro atoms. The van der Waals surface area contributed by atoms with Crippen molar-refractivity contribution in [1.29, 1.82) is 0 Å². The van der Waals surface area contributed by atoms with Crippen molar-refractivity contribution < 1.29 is 42.2 Å². The van der Waals surface area contributed by atoms with Gasteiger partial charge in [-0.05, 0) is 42.8 Å². The van der Waals surface area contributed by atoms with E-state index in [1.807, 2.05) is 0 Å². The van der Waals surface area contributed by atoms with E-state index in [-0.39, 0.29) is 40.7 Å². The Balaban J connectivity index is 2.03. The first-order valence-electron chi connectivity index (χ1n) is 10.0. The van der Waals surface area contributed by atoms with Gasteiger partial charge >= 0.3 is 12.1 Å². The Hall–Kier alpha value is -3.89. The summed E-state index contributed by atoms with van der Waals surface area (Å²) in [5.41, 5.74) is -0.549. The maximum atomic E-state index is 14.1. The summed E-state index contributed by atoms with van der Waals surface area (Å²) < 4.78 is 53.8. The average molecular weight is 480 g/mol. The molecule has 0 aliphatic heterocycles. The van der Waals surface area contributed by atoms with E-state index in [1.165, 1.54) is 13.8 Å². The van der Waals surface area contributed by atoms with E-state index in [0.29, 0.717) is 0 Å². The molecule has 1 atom stereocenters. The van der Waals surface area contributed by atoms with Crippen LogP contribution in [0.2, 0.25) is 0 Å².